The summed E-state index contributed by atoms with van der Waals surface area (Å²) in [6.07, 6.45) is 3.99. The number of anilines is 1. The molecule has 1 heterocycles. The summed E-state index contributed by atoms with van der Waals surface area (Å²) < 4.78 is 5.26. The fraction of sp³-hybridized carbons (Fsp3) is 0.533. The summed E-state index contributed by atoms with van der Waals surface area (Å²) in [4.78, 5) is 12.0. The Bertz CT molecular complexity index is 498. The van der Waals surface area contributed by atoms with Crippen LogP contribution in [0.4, 0.5) is 10.5 Å². The summed E-state index contributed by atoms with van der Waals surface area (Å²) in [6.45, 7) is 1.35. The third-order valence-corrected chi connectivity index (χ3v) is 4.05. The first-order chi connectivity index (χ1) is 9.72. The number of urea groups is 1. The van der Waals surface area contributed by atoms with Crippen molar-refractivity contribution in [1.29, 1.82) is 0 Å². The van der Waals surface area contributed by atoms with Crippen LogP contribution in [0.2, 0.25) is 0 Å². The minimum Gasteiger partial charge on any atom is -0.399 e. The van der Waals surface area contributed by atoms with Gasteiger partial charge in [-0.15, -0.1) is 0 Å². The van der Waals surface area contributed by atoms with Gasteiger partial charge in [0.25, 0.3) is 0 Å². The number of hydrogen-bond acceptors (Lipinski definition) is 3. The minimum atomic E-state index is -0.102. The molecule has 0 aromatic heterocycles. The normalized spacial score (nSPS) is 25.0. The maximum atomic E-state index is 12.0. The molecule has 1 aromatic carbocycles. The second-order valence-electron chi connectivity index (χ2n) is 5.58. The average molecular weight is 275 g/mol. The van der Waals surface area contributed by atoms with E-state index < -0.39 is 0 Å². The van der Waals surface area contributed by atoms with E-state index in [4.69, 9.17) is 10.5 Å². The number of carbonyl (C=O) groups excluding carboxylic acids is 1. The molecule has 5 nitrogen and oxygen atoms in total. The highest BCUT2D eigenvalue weighted by Crippen LogP contribution is 2.30. The number of amides is 2. The fourth-order valence-corrected chi connectivity index (χ4v) is 3.02. The summed E-state index contributed by atoms with van der Waals surface area (Å²) in [7, 11) is 0. The van der Waals surface area contributed by atoms with Gasteiger partial charge in [0.1, 0.15) is 0 Å². The first kappa shape index (κ1) is 13.2. The van der Waals surface area contributed by atoms with Crippen molar-refractivity contribution in [2.75, 3.05) is 18.9 Å². The standard InChI is InChI=1S/C15H21N3O2/c16-11-4-5-13-10(8-11)2-1-3-14(13)18-15(19)17-12-6-7-20-9-12/h4-5,8,12,14H,1-3,6-7,9,16H2,(H2,17,18,19). The molecule has 2 amide bonds. The van der Waals surface area contributed by atoms with Crippen molar-refractivity contribution in [3.8, 4) is 0 Å². The highest BCUT2D eigenvalue weighted by molar-refractivity contribution is 5.75. The van der Waals surface area contributed by atoms with Crippen LogP contribution in [-0.4, -0.2) is 25.3 Å². The number of hydrogen-bond donors (Lipinski definition) is 3. The van der Waals surface area contributed by atoms with Gasteiger partial charge in [-0.3, -0.25) is 0 Å². The Hall–Kier alpha value is -1.75. The van der Waals surface area contributed by atoms with Gasteiger partial charge < -0.3 is 21.1 Å². The van der Waals surface area contributed by atoms with Crippen LogP contribution in [0, 0.1) is 0 Å². The SMILES string of the molecule is Nc1ccc2c(c1)CCCC2NC(=O)NC1CCOC1. The molecule has 2 atom stereocenters. The number of nitrogen functional groups attached to an aromatic ring is 1. The van der Waals surface area contributed by atoms with E-state index in [1.54, 1.807) is 0 Å². The molecular weight excluding hydrogens is 254 g/mol. The van der Waals surface area contributed by atoms with Gasteiger partial charge in [-0.05, 0) is 48.9 Å². The molecule has 0 saturated carbocycles. The molecule has 2 aliphatic rings. The van der Waals surface area contributed by atoms with E-state index in [2.05, 4.69) is 10.6 Å². The Morgan fingerprint density at radius 1 is 1.30 bits per heavy atom. The molecule has 1 aromatic rings. The Morgan fingerprint density at radius 3 is 3.00 bits per heavy atom. The van der Waals surface area contributed by atoms with E-state index in [1.807, 2.05) is 18.2 Å². The molecule has 1 aliphatic carbocycles. The number of nitrogens with two attached hydrogens (primary N) is 1. The molecule has 3 rings (SSSR count). The third-order valence-electron chi connectivity index (χ3n) is 4.05. The molecule has 5 heteroatoms. The lowest BCUT2D eigenvalue weighted by Gasteiger charge is -2.27. The van der Waals surface area contributed by atoms with Crippen LogP contribution >= 0.6 is 0 Å². The average Bonchev–Trinajstić information content (AvgIpc) is 2.91. The number of benzene rings is 1. The molecule has 4 N–H and O–H groups in total. The second-order valence-corrected chi connectivity index (χ2v) is 5.58. The predicted octanol–water partition coefficient (Wildman–Crippen LogP) is 1.73. The van der Waals surface area contributed by atoms with Crippen molar-refractivity contribution in [2.45, 2.75) is 37.8 Å². The first-order valence-electron chi connectivity index (χ1n) is 7.25. The third kappa shape index (κ3) is 2.88. The molecule has 1 fully saturated rings. The Labute approximate surface area is 118 Å². The molecule has 0 radical (unpaired) electrons. The zero-order valence-electron chi connectivity index (χ0n) is 11.5. The summed E-state index contributed by atoms with van der Waals surface area (Å²) in [5, 5.41) is 6.04. The van der Waals surface area contributed by atoms with Crippen LogP contribution in [-0.2, 0) is 11.2 Å². The summed E-state index contributed by atoms with van der Waals surface area (Å²) >= 11 is 0. The number of ether oxygens (including phenoxy) is 1. The maximum absolute atomic E-state index is 12.0. The number of nitrogens with one attached hydrogen (secondary N) is 2. The second kappa shape index (κ2) is 5.71. The largest absolute Gasteiger partial charge is 0.399 e. The van der Waals surface area contributed by atoms with E-state index in [1.165, 1.54) is 11.1 Å². The molecule has 0 bridgehead atoms. The van der Waals surface area contributed by atoms with Crippen molar-refractivity contribution in [2.24, 2.45) is 0 Å². The van der Waals surface area contributed by atoms with Gasteiger partial charge in [-0.2, -0.15) is 0 Å². The Balaban J connectivity index is 1.65. The molecule has 2 unspecified atom stereocenters. The molecule has 1 saturated heterocycles. The lowest BCUT2D eigenvalue weighted by Crippen LogP contribution is -2.44. The molecule has 108 valence electrons. The number of aryl methyl sites for hydroxylation is 1. The fourth-order valence-electron chi connectivity index (χ4n) is 3.02. The van der Waals surface area contributed by atoms with Gasteiger partial charge in [-0.1, -0.05) is 6.07 Å². The summed E-state index contributed by atoms with van der Waals surface area (Å²) in [5.41, 5.74) is 9.07. The smallest absolute Gasteiger partial charge is 0.315 e. The van der Waals surface area contributed by atoms with Gasteiger partial charge in [0, 0.05) is 12.3 Å². The quantitative estimate of drug-likeness (QED) is 0.719. The van der Waals surface area contributed by atoms with Gasteiger partial charge >= 0.3 is 6.03 Å². The molecule has 1 aliphatic heterocycles. The first-order valence-corrected chi connectivity index (χ1v) is 7.25. The molecule has 20 heavy (non-hydrogen) atoms. The van der Waals surface area contributed by atoms with Crippen LogP contribution in [0.25, 0.3) is 0 Å². The highest BCUT2D eigenvalue weighted by Gasteiger charge is 2.23. The number of fused-ring (bicyclic) bond motifs is 1. The van der Waals surface area contributed by atoms with Crippen molar-refractivity contribution >= 4 is 11.7 Å². The van der Waals surface area contributed by atoms with Crippen molar-refractivity contribution in [3.63, 3.8) is 0 Å². The van der Waals surface area contributed by atoms with Gasteiger partial charge in [0.2, 0.25) is 0 Å². The summed E-state index contributed by atoms with van der Waals surface area (Å²) in [5.74, 6) is 0. The lowest BCUT2D eigenvalue weighted by atomic mass is 9.87. The van der Waals surface area contributed by atoms with Crippen molar-refractivity contribution < 1.29 is 9.53 Å². The predicted molar refractivity (Wildman–Crippen MR) is 77.4 cm³/mol. The number of rotatable bonds is 2. The van der Waals surface area contributed by atoms with E-state index in [-0.39, 0.29) is 18.1 Å². The van der Waals surface area contributed by atoms with E-state index in [0.29, 0.717) is 6.61 Å². The molecule has 0 spiro atoms. The topological polar surface area (TPSA) is 76.4 Å². The zero-order valence-corrected chi connectivity index (χ0v) is 11.5. The van der Waals surface area contributed by atoms with E-state index >= 15 is 0 Å². The zero-order chi connectivity index (χ0) is 13.9. The Morgan fingerprint density at radius 2 is 2.20 bits per heavy atom. The van der Waals surface area contributed by atoms with E-state index in [0.717, 1.165) is 38.0 Å². The van der Waals surface area contributed by atoms with Gasteiger partial charge in [0.15, 0.2) is 0 Å². The van der Waals surface area contributed by atoms with Gasteiger partial charge in [-0.25, -0.2) is 4.79 Å². The lowest BCUT2D eigenvalue weighted by molar-refractivity contribution is 0.188. The van der Waals surface area contributed by atoms with Crippen LogP contribution in [0.1, 0.15) is 36.4 Å². The van der Waals surface area contributed by atoms with Crippen LogP contribution in [0.5, 0.6) is 0 Å². The molecular formula is C15H21N3O2. The van der Waals surface area contributed by atoms with Gasteiger partial charge in [0.05, 0.1) is 18.7 Å². The summed E-state index contributed by atoms with van der Waals surface area (Å²) in [6, 6.07) is 6.09. The van der Waals surface area contributed by atoms with Crippen molar-refractivity contribution in [3.05, 3.63) is 29.3 Å². The van der Waals surface area contributed by atoms with Crippen LogP contribution in [0.15, 0.2) is 18.2 Å². The maximum Gasteiger partial charge on any atom is 0.315 e. The van der Waals surface area contributed by atoms with E-state index in [9.17, 15) is 4.79 Å². The monoisotopic (exact) mass is 275 g/mol. The Kier molecular flexibility index (Phi) is 3.78. The van der Waals surface area contributed by atoms with Crippen molar-refractivity contribution in [1.82, 2.24) is 10.6 Å². The highest BCUT2D eigenvalue weighted by atomic mass is 16.5. The number of carbonyl (C=O) groups is 1. The van der Waals surface area contributed by atoms with Crippen LogP contribution < -0.4 is 16.4 Å². The minimum absolute atomic E-state index is 0.0849. The van der Waals surface area contributed by atoms with Crippen LogP contribution in [0.3, 0.4) is 0 Å².